The van der Waals surface area contributed by atoms with Gasteiger partial charge in [-0.25, -0.2) is 0 Å². The fourth-order valence-corrected chi connectivity index (χ4v) is 0.445. The molecule has 0 fully saturated rings. The van der Waals surface area contributed by atoms with Crippen molar-refractivity contribution in [3.8, 4) is 0 Å². The predicted molar refractivity (Wildman–Crippen MR) is 28.2 cm³/mol. The lowest BCUT2D eigenvalue weighted by Crippen LogP contribution is -1.87. The minimum atomic E-state index is -0.996. The molecule has 3 heteroatoms. The molecule has 0 aromatic rings. The zero-order valence-electron chi connectivity index (χ0n) is 3.84. The molecule has 0 saturated carbocycles. The van der Waals surface area contributed by atoms with E-state index in [1.807, 2.05) is 0 Å². The van der Waals surface area contributed by atoms with Gasteiger partial charge < -0.3 is 4.55 Å². The molecule has 2 nitrogen and oxygen atoms in total. The summed E-state index contributed by atoms with van der Waals surface area (Å²) in [4.78, 5) is 0. The van der Waals surface area contributed by atoms with Crippen molar-refractivity contribution in [2.75, 3.05) is 6.26 Å². The number of nitrogens with zero attached hydrogens (tertiary/aromatic N) is 1. The molecule has 0 bridgehead atoms. The molecule has 0 aliphatic rings. The average molecular weight is 105 g/mol. The highest BCUT2D eigenvalue weighted by Crippen LogP contribution is 1.78. The van der Waals surface area contributed by atoms with Crippen LogP contribution < -0.4 is 0 Å². The third-order valence-corrected chi connectivity index (χ3v) is 0.762. The molecule has 0 aliphatic heterocycles. The van der Waals surface area contributed by atoms with Crippen molar-refractivity contribution in [2.45, 2.75) is 6.92 Å². The number of hydrogen-bond donors (Lipinski definition) is 0. The highest BCUT2D eigenvalue weighted by Gasteiger charge is 1.80. The molecule has 0 aromatic heterocycles. The van der Waals surface area contributed by atoms with Crippen LogP contribution in [0.3, 0.4) is 0 Å². The molecule has 0 rings (SSSR count). The summed E-state index contributed by atoms with van der Waals surface area (Å²) >= 11 is -0.996. The minimum Gasteiger partial charge on any atom is -0.592 e. The zero-order valence-corrected chi connectivity index (χ0v) is 4.66. The molecule has 0 spiro atoms. The lowest BCUT2D eigenvalue weighted by molar-refractivity contribution is 0.603. The van der Waals surface area contributed by atoms with Crippen molar-refractivity contribution in [3.05, 3.63) is 0 Å². The minimum absolute atomic E-state index is 0.996. The SMILES string of the molecule is CC=N[S+](C)[O-]. The second-order valence-electron chi connectivity index (χ2n) is 0.787. The van der Waals surface area contributed by atoms with Crippen LogP contribution in [0.1, 0.15) is 6.92 Å². The van der Waals surface area contributed by atoms with E-state index in [1.165, 1.54) is 12.5 Å². The third kappa shape index (κ3) is 3.98. The fraction of sp³-hybridized carbons (Fsp3) is 0.667. The maximum Gasteiger partial charge on any atom is 0.123 e. The van der Waals surface area contributed by atoms with Gasteiger partial charge >= 0.3 is 0 Å². The van der Waals surface area contributed by atoms with Crippen molar-refractivity contribution in [1.82, 2.24) is 0 Å². The quantitative estimate of drug-likeness (QED) is 0.350. The van der Waals surface area contributed by atoms with E-state index in [2.05, 4.69) is 4.40 Å². The molecule has 0 heterocycles. The first kappa shape index (κ1) is 5.98. The molecule has 0 saturated heterocycles. The third-order valence-electron chi connectivity index (χ3n) is 0.254. The Hall–Kier alpha value is -0.0200. The van der Waals surface area contributed by atoms with Gasteiger partial charge in [0.05, 0.1) is 17.6 Å². The van der Waals surface area contributed by atoms with Gasteiger partial charge in [0.25, 0.3) is 0 Å². The molecule has 6 heavy (non-hydrogen) atoms. The van der Waals surface area contributed by atoms with Crippen molar-refractivity contribution >= 4 is 17.6 Å². The van der Waals surface area contributed by atoms with E-state index < -0.39 is 11.4 Å². The van der Waals surface area contributed by atoms with Gasteiger partial charge in [-0.1, -0.05) is 4.40 Å². The first-order valence-electron chi connectivity index (χ1n) is 1.59. The van der Waals surface area contributed by atoms with Crippen LogP contribution in [-0.4, -0.2) is 17.0 Å². The van der Waals surface area contributed by atoms with Gasteiger partial charge in [-0.15, -0.1) is 0 Å². The van der Waals surface area contributed by atoms with Crippen molar-refractivity contribution in [1.29, 1.82) is 0 Å². The van der Waals surface area contributed by atoms with E-state index in [-0.39, 0.29) is 0 Å². The molecular formula is C3H7NOS. The molecule has 0 aromatic carbocycles. The largest absolute Gasteiger partial charge is 0.592 e. The molecule has 0 radical (unpaired) electrons. The molecule has 0 aliphatic carbocycles. The average Bonchev–Trinajstić information content (AvgIpc) is 1.35. The van der Waals surface area contributed by atoms with Gasteiger partial charge in [-0.2, -0.15) is 0 Å². The Balaban J connectivity index is 3.03. The molecule has 0 N–H and O–H groups in total. The monoisotopic (exact) mass is 105 g/mol. The molecular weight excluding hydrogens is 98.1 g/mol. The zero-order chi connectivity index (χ0) is 4.99. The van der Waals surface area contributed by atoms with E-state index in [1.54, 1.807) is 6.92 Å². The van der Waals surface area contributed by atoms with Crippen LogP contribution >= 0.6 is 0 Å². The Morgan fingerprint density at radius 2 is 2.33 bits per heavy atom. The summed E-state index contributed by atoms with van der Waals surface area (Å²) in [6.07, 6.45) is 3.05. The molecule has 1 unspecified atom stereocenters. The van der Waals surface area contributed by atoms with Gasteiger partial charge in [-0.3, -0.25) is 0 Å². The second-order valence-corrected chi connectivity index (χ2v) is 1.85. The lowest BCUT2D eigenvalue weighted by atomic mass is 10.9. The van der Waals surface area contributed by atoms with Crippen molar-refractivity contribution in [2.24, 2.45) is 4.40 Å². The summed E-state index contributed by atoms with van der Waals surface area (Å²) < 4.78 is 13.4. The second kappa shape index (κ2) is 3.18. The number of rotatable bonds is 1. The van der Waals surface area contributed by atoms with E-state index >= 15 is 0 Å². The van der Waals surface area contributed by atoms with Crippen molar-refractivity contribution < 1.29 is 4.55 Å². The Morgan fingerprint density at radius 1 is 1.83 bits per heavy atom. The van der Waals surface area contributed by atoms with Gasteiger partial charge in [0.2, 0.25) is 0 Å². The van der Waals surface area contributed by atoms with Gasteiger partial charge in [0.1, 0.15) is 6.26 Å². The predicted octanol–water partition coefficient (Wildman–Crippen LogP) is 0.371. The fourth-order valence-electron chi connectivity index (χ4n) is 0.148. The van der Waals surface area contributed by atoms with Crippen LogP contribution in [0.5, 0.6) is 0 Å². The van der Waals surface area contributed by atoms with Gasteiger partial charge in [0.15, 0.2) is 0 Å². The Labute approximate surface area is 40.6 Å². The smallest absolute Gasteiger partial charge is 0.123 e. The maximum absolute atomic E-state index is 9.96. The maximum atomic E-state index is 9.96. The first-order valence-corrected chi connectivity index (χ1v) is 3.11. The summed E-state index contributed by atoms with van der Waals surface area (Å²) in [5.74, 6) is 0. The number of hydrogen-bond acceptors (Lipinski definition) is 2. The van der Waals surface area contributed by atoms with Crippen molar-refractivity contribution in [3.63, 3.8) is 0 Å². The Morgan fingerprint density at radius 3 is 2.33 bits per heavy atom. The van der Waals surface area contributed by atoms with Crippen LogP contribution in [0, 0.1) is 0 Å². The molecule has 36 valence electrons. The topological polar surface area (TPSA) is 35.4 Å². The summed E-state index contributed by atoms with van der Waals surface area (Å²) in [6, 6.07) is 0. The van der Waals surface area contributed by atoms with E-state index in [0.29, 0.717) is 0 Å². The highest BCUT2D eigenvalue weighted by atomic mass is 32.2. The summed E-state index contributed by atoms with van der Waals surface area (Å²) in [5.41, 5.74) is 0. The first-order chi connectivity index (χ1) is 2.77. The normalized spacial score (nSPS) is 15.8. The van der Waals surface area contributed by atoms with Crippen LogP contribution in [0.15, 0.2) is 4.40 Å². The Bertz CT molecular complexity index is 52.8. The van der Waals surface area contributed by atoms with E-state index in [0.717, 1.165) is 0 Å². The summed E-state index contributed by atoms with van der Waals surface area (Å²) in [5, 5.41) is 0. The van der Waals surface area contributed by atoms with Crippen LogP contribution in [0.25, 0.3) is 0 Å². The van der Waals surface area contributed by atoms with Gasteiger partial charge in [-0.05, 0) is 6.92 Å². The molecule has 0 amide bonds. The van der Waals surface area contributed by atoms with Crippen LogP contribution in [0.4, 0.5) is 0 Å². The summed E-state index contributed by atoms with van der Waals surface area (Å²) in [6.45, 7) is 1.74. The lowest BCUT2D eigenvalue weighted by Gasteiger charge is -1.88. The highest BCUT2D eigenvalue weighted by molar-refractivity contribution is 7.89. The summed E-state index contributed by atoms with van der Waals surface area (Å²) in [7, 11) is 0. The van der Waals surface area contributed by atoms with Crippen LogP contribution in [0.2, 0.25) is 0 Å². The molecule has 1 atom stereocenters. The Kier molecular flexibility index (Phi) is 3.17. The van der Waals surface area contributed by atoms with E-state index in [4.69, 9.17) is 0 Å². The standard InChI is InChI=1S/C3H7NOS/c1-3-4-6(2)5/h3H,1-2H3. The van der Waals surface area contributed by atoms with Gasteiger partial charge in [0, 0.05) is 0 Å². The van der Waals surface area contributed by atoms with Crippen LogP contribution in [-0.2, 0) is 11.4 Å². The van der Waals surface area contributed by atoms with E-state index in [9.17, 15) is 4.55 Å².